The first-order valence-electron chi connectivity index (χ1n) is 18.0. The van der Waals surface area contributed by atoms with Crippen molar-refractivity contribution < 1.29 is 31.6 Å². The highest BCUT2D eigenvalue weighted by atomic mass is 32.2. The molecule has 2 aromatic heterocycles. The van der Waals surface area contributed by atoms with Gasteiger partial charge in [-0.25, -0.2) is 32.3 Å². The van der Waals surface area contributed by atoms with Crippen LogP contribution in [0.15, 0.2) is 60.8 Å². The summed E-state index contributed by atoms with van der Waals surface area (Å²) < 4.78 is 66.5. The first kappa shape index (κ1) is 38.1. The second kappa shape index (κ2) is 15.0. The monoisotopic (exact) mass is 747 g/mol. The van der Waals surface area contributed by atoms with E-state index in [1.165, 1.54) is 28.9 Å². The number of nitrogens with zero attached hydrogens (tertiary/aromatic N) is 3. The van der Waals surface area contributed by atoms with Gasteiger partial charge in [-0.05, 0) is 80.3 Å². The highest BCUT2D eigenvalue weighted by molar-refractivity contribution is 7.91. The van der Waals surface area contributed by atoms with Gasteiger partial charge in [0.15, 0.2) is 33.1 Å². The summed E-state index contributed by atoms with van der Waals surface area (Å²) >= 11 is 0. The second-order valence-electron chi connectivity index (χ2n) is 15.1. The minimum atomic E-state index is -3.59. The summed E-state index contributed by atoms with van der Waals surface area (Å²) in [5.74, 6) is -1.29. The maximum absolute atomic E-state index is 15.7. The topological polar surface area (TPSA) is 128 Å². The van der Waals surface area contributed by atoms with Gasteiger partial charge in [-0.15, -0.1) is 0 Å². The minimum Gasteiger partial charge on any atom is -0.454 e. The number of halogens is 2. The third-order valence-electron chi connectivity index (χ3n) is 10.2. The minimum absolute atomic E-state index is 0.0286. The first-order chi connectivity index (χ1) is 25.1. The molecular weight excluding hydrogens is 701 g/mol. The molecule has 13 heteroatoms. The Morgan fingerprint density at radius 3 is 2.66 bits per heavy atom. The van der Waals surface area contributed by atoms with E-state index in [2.05, 4.69) is 10.5 Å². The van der Waals surface area contributed by atoms with E-state index in [4.69, 9.17) is 19.7 Å². The van der Waals surface area contributed by atoms with E-state index in [-0.39, 0.29) is 52.6 Å². The average Bonchev–Trinajstić information content (AvgIpc) is 3.73. The van der Waals surface area contributed by atoms with E-state index in [1.54, 1.807) is 26.2 Å². The van der Waals surface area contributed by atoms with Crippen LogP contribution in [0.5, 0.6) is 11.5 Å². The molecule has 0 saturated carbocycles. The number of aromatic nitrogens is 4. The van der Waals surface area contributed by atoms with Gasteiger partial charge in [-0.1, -0.05) is 51.5 Å². The second-order valence-corrected chi connectivity index (χ2v) is 17.3. The number of amides is 1. The predicted octanol–water partition coefficient (Wildman–Crippen LogP) is 7.75. The summed E-state index contributed by atoms with van der Waals surface area (Å²) in [5.41, 5.74) is 4.01. The molecule has 1 unspecified atom stereocenters. The molecule has 2 atom stereocenters. The smallest absolute Gasteiger partial charge is 0.246 e. The molecule has 10 nitrogen and oxygen atoms in total. The molecule has 1 aliphatic heterocycles. The lowest BCUT2D eigenvalue weighted by atomic mass is 9.75. The highest BCUT2D eigenvalue weighted by Gasteiger charge is 2.36. The fourth-order valence-corrected chi connectivity index (χ4v) is 9.32. The van der Waals surface area contributed by atoms with Crippen molar-refractivity contribution in [2.75, 3.05) is 18.1 Å². The number of hydroxylamine groups is 1. The van der Waals surface area contributed by atoms with Crippen LogP contribution in [0.4, 0.5) is 8.78 Å². The summed E-state index contributed by atoms with van der Waals surface area (Å²) in [6.07, 6.45) is 3.95. The SMILES string of the molecule is CCONC(=O)[C@@H](C)Cc1cccc(C2(C)CCCC(C)(C)CS(=O)(=O)CCc3c(c(F)cc4[nH]ccc34)Oc3ccc(F)c(c3)-c3nc2nn3C)c1. The number of aromatic amines is 1. The Hall–Kier alpha value is -4.62. The lowest BCUT2D eigenvalue weighted by molar-refractivity contribution is -0.136. The van der Waals surface area contributed by atoms with Crippen molar-refractivity contribution in [3.05, 3.63) is 94.9 Å². The molecule has 1 amide bonds. The number of H-pyrrole nitrogens is 1. The Kier molecular flexibility index (Phi) is 10.8. The maximum atomic E-state index is 15.7. The van der Waals surface area contributed by atoms with Crippen molar-refractivity contribution in [2.45, 2.75) is 72.1 Å². The number of hydrogen-bond acceptors (Lipinski definition) is 7. The average molecular weight is 748 g/mol. The van der Waals surface area contributed by atoms with E-state index in [1.807, 2.05) is 52.0 Å². The van der Waals surface area contributed by atoms with Crippen LogP contribution in [0.1, 0.15) is 76.4 Å². The van der Waals surface area contributed by atoms with Crippen LogP contribution in [0.3, 0.4) is 0 Å². The van der Waals surface area contributed by atoms with Crippen LogP contribution in [0, 0.1) is 23.0 Å². The van der Waals surface area contributed by atoms with Gasteiger partial charge in [0.25, 0.3) is 0 Å². The van der Waals surface area contributed by atoms with Gasteiger partial charge < -0.3 is 9.72 Å². The molecule has 1 aliphatic rings. The van der Waals surface area contributed by atoms with E-state index in [0.29, 0.717) is 54.6 Å². The van der Waals surface area contributed by atoms with Crippen molar-refractivity contribution in [2.24, 2.45) is 18.4 Å². The number of sulfone groups is 1. The number of carbonyl (C=O) groups is 1. The van der Waals surface area contributed by atoms with Gasteiger partial charge >= 0.3 is 0 Å². The quantitative estimate of drug-likeness (QED) is 0.170. The number of nitrogens with one attached hydrogen (secondary N) is 2. The lowest BCUT2D eigenvalue weighted by Crippen LogP contribution is -2.31. The van der Waals surface area contributed by atoms with Crippen LogP contribution in [0.25, 0.3) is 22.3 Å². The van der Waals surface area contributed by atoms with Gasteiger partial charge in [0.05, 0.1) is 29.1 Å². The first-order valence-corrected chi connectivity index (χ1v) is 19.8. The summed E-state index contributed by atoms with van der Waals surface area (Å²) in [5, 5.41) is 5.49. The van der Waals surface area contributed by atoms with Gasteiger partial charge in [-0.2, -0.15) is 5.10 Å². The molecule has 0 saturated heterocycles. The molecular formula is C40H47F2N5O5S. The van der Waals surface area contributed by atoms with E-state index in [9.17, 15) is 13.2 Å². The van der Waals surface area contributed by atoms with Crippen LogP contribution in [0.2, 0.25) is 0 Å². The van der Waals surface area contributed by atoms with Crippen molar-refractivity contribution in [1.29, 1.82) is 0 Å². The Labute approximate surface area is 309 Å². The zero-order chi connectivity index (χ0) is 38.1. The normalized spacial score (nSPS) is 19.4. The molecule has 4 bridgehead atoms. The molecule has 0 spiro atoms. The van der Waals surface area contributed by atoms with Gasteiger partial charge in [0.1, 0.15) is 11.6 Å². The molecule has 0 radical (unpaired) electrons. The Morgan fingerprint density at radius 2 is 1.89 bits per heavy atom. The molecule has 0 fully saturated rings. The number of ether oxygens (including phenoxy) is 1. The van der Waals surface area contributed by atoms with Crippen LogP contribution >= 0.6 is 0 Å². The van der Waals surface area contributed by atoms with Gasteiger partial charge in [-0.3, -0.25) is 9.63 Å². The third-order valence-corrected chi connectivity index (χ3v) is 12.2. The fourth-order valence-electron chi connectivity index (χ4n) is 7.33. The Bertz CT molecular complexity index is 2250. The standard InChI is InChI=1S/C40H47F2N5O5S/c1-7-51-46-37(48)25(2)20-26-10-8-11-27(21-26)40(5)17-9-16-39(3,4)24-53(49,50)19-15-30-29-14-18-43-34(29)23-33(42)35(30)52-28-12-13-32(41)31(22-28)36-44-38(40)45-47(36)6/h8,10-14,18,21-23,25,43H,7,9,15-17,19-20,24H2,1-6H3,(H,46,48)/t25-,40?/m0/s1. The number of rotatable bonds is 6. The Balaban J connectivity index is 1.45. The molecule has 2 N–H and O–H groups in total. The molecule has 6 rings (SSSR count). The Morgan fingerprint density at radius 1 is 1.09 bits per heavy atom. The molecule has 53 heavy (non-hydrogen) atoms. The maximum Gasteiger partial charge on any atom is 0.246 e. The fraction of sp³-hybridized carbons (Fsp3) is 0.425. The van der Waals surface area contributed by atoms with Crippen LogP contribution in [-0.2, 0) is 44.8 Å². The molecule has 0 aliphatic carbocycles. The zero-order valence-electron chi connectivity index (χ0n) is 31.1. The van der Waals surface area contributed by atoms with Crippen molar-refractivity contribution in [1.82, 2.24) is 25.2 Å². The van der Waals surface area contributed by atoms with E-state index < -0.39 is 32.3 Å². The van der Waals surface area contributed by atoms with Crippen molar-refractivity contribution >= 4 is 26.6 Å². The van der Waals surface area contributed by atoms with Crippen molar-refractivity contribution in [3.8, 4) is 22.9 Å². The van der Waals surface area contributed by atoms with Gasteiger partial charge in [0.2, 0.25) is 5.91 Å². The molecule has 282 valence electrons. The highest BCUT2D eigenvalue weighted by Crippen LogP contribution is 2.41. The van der Waals surface area contributed by atoms with E-state index >= 15 is 8.78 Å². The van der Waals surface area contributed by atoms with Crippen LogP contribution < -0.4 is 10.2 Å². The number of hydrogen-bond donors (Lipinski definition) is 2. The van der Waals surface area contributed by atoms with Gasteiger partial charge in [0, 0.05) is 41.7 Å². The van der Waals surface area contributed by atoms with Crippen LogP contribution in [-0.4, -0.2) is 52.2 Å². The lowest BCUT2D eigenvalue weighted by Gasteiger charge is -2.31. The number of benzene rings is 3. The van der Waals surface area contributed by atoms with Crippen molar-refractivity contribution in [3.63, 3.8) is 0 Å². The third kappa shape index (κ3) is 8.31. The summed E-state index contributed by atoms with van der Waals surface area (Å²) in [4.78, 5) is 25.7. The largest absolute Gasteiger partial charge is 0.454 e. The summed E-state index contributed by atoms with van der Waals surface area (Å²) in [7, 11) is -1.90. The predicted molar refractivity (Wildman–Crippen MR) is 200 cm³/mol. The summed E-state index contributed by atoms with van der Waals surface area (Å²) in [6.45, 7) is 9.92. The van der Waals surface area contributed by atoms with E-state index in [0.717, 1.165) is 11.1 Å². The number of aryl methyl sites for hydroxylation is 2. The zero-order valence-corrected chi connectivity index (χ0v) is 31.9. The molecule has 5 aromatic rings. The molecule has 3 aromatic carbocycles. The molecule has 3 heterocycles. The number of fused-ring (bicyclic) bond motifs is 8. The summed E-state index contributed by atoms with van der Waals surface area (Å²) in [6, 6.07) is 15.1. The number of carbonyl (C=O) groups excluding carboxylic acids is 1.